The molecule has 1 aromatic rings. The van der Waals surface area contributed by atoms with Crippen LogP contribution in [0.2, 0.25) is 0 Å². The van der Waals surface area contributed by atoms with Crippen LogP contribution in [-0.2, 0) is 6.54 Å². The van der Waals surface area contributed by atoms with Crippen molar-refractivity contribution in [3.63, 3.8) is 0 Å². The molecule has 3 rings (SSSR count). The van der Waals surface area contributed by atoms with E-state index >= 15 is 0 Å². The van der Waals surface area contributed by atoms with E-state index in [1.54, 1.807) is 12.1 Å². The Morgan fingerprint density at radius 2 is 1.90 bits per heavy atom. The molecule has 116 valence electrons. The van der Waals surface area contributed by atoms with Crippen molar-refractivity contribution in [2.24, 2.45) is 0 Å². The van der Waals surface area contributed by atoms with Crippen LogP contribution in [0.15, 0.2) is 24.3 Å². The Hall–Kier alpha value is -1.24. The molecule has 2 fully saturated rings. The summed E-state index contributed by atoms with van der Waals surface area (Å²) in [5.41, 5.74) is 0.830. The van der Waals surface area contributed by atoms with Gasteiger partial charge < -0.3 is 10.1 Å². The molecule has 0 saturated carbocycles. The largest absolute Gasteiger partial charge is 0.434 e. The molecular formula is C15H21F2N3O. The lowest BCUT2D eigenvalue weighted by molar-refractivity contribution is -0.0514. The molecule has 2 saturated heterocycles. The van der Waals surface area contributed by atoms with Gasteiger partial charge in [0.2, 0.25) is 0 Å². The predicted molar refractivity (Wildman–Crippen MR) is 76.6 cm³/mol. The number of benzene rings is 1. The van der Waals surface area contributed by atoms with Crippen molar-refractivity contribution in [2.45, 2.75) is 19.2 Å². The second kappa shape index (κ2) is 6.68. The highest BCUT2D eigenvalue weighted by atomic mass is 19.3. The molecule has 2 heterocycles. The summed E-state index contributed by atoms with van der Waals surface area (Å²) < 4.78 is 29.4. The minimum atomic E-state index is -2.77. The van der Waals surface area contributed by atoms with Gasteiger partial charge in [-0.1, -0.05) is 18.2 Å². The van der Waals surface area contributed by atoms with Crippen molar-refractivity contribution in [1.82, 2.24) is 15.1 Å². The Morgan fingerprint density at radius 3 is 2.62 bits per heavy atom. The van der Waals surface area contributed by atoms with Crippen molar-refractivity contribution in [2.75, 3.05) is 39.3 Å². The Morgan fingerprint density at radius 1 is 1.19 bits per heavy atom. The molecule has 4 nitrogen and oxygen atoms in total. The standard InChI is InChI=1S/C15H21F2N3O/c16-15(17)21-14-4-2-1-3-12(14)9-19-10-13(11-19)20-7-5-18-6-8-20/h1-4,13,15,18H,5-11H2. The fraction of sp³-hybridized carbons (Fsp3) is 0.600. The van der Waals surface area contributed by atoms with Gasteiger partial charge >= 0.3 is 6.61 Å². The smallest absolute Gasteiger partial charge is 0.387 e. The van der Waals surface area contributed by atoms with Crippen LogP contribution < -0.4 is 10.1 Å². The molecule has 1 N–H and O–H groups in total. The van der Waals surface area contributed by atoms with Gasteiger partial charge in [-0.05, 0) is 6.07 Å². The number of alkyl halides is 2. The molecular weight excluding hydrogens is 276 g/mol. The summed E-state index contributed by atoms with van der Waals surface area (Å²) in [7, 11) is 0. The van der Waals surface area contributed by atoms with E-state index in [1.807, 2.05) is 12.1 Å². The molecule has 0 aliphatic carbocycles. The van der Waals surface area contributed by atoms with E-state index in [2.05, 4.69) is 19.9 Å². The first-order valence-corrected chi connectivity index (χ1v) is 7.42. The summed E-state index contributed by atoms with van der Waals surface area (Å²) in [4.78, 5) is 4.79. The Balaban J connectivity index is 1.52. The Labute approximate surface area is 123 Å². The van der Waals surface area contributed by atoms with Crippen LogP contribution in [0.25, 0.3) is 0 Å². The number of halogens is 2. The van der Waals surface area contributed by atoms with E-state index in [0.29, 0.717) is 12.6 Å². The zero-order valence-corrected chi connectivity index (χ0v) is 12.0. The minimum Gasteiger partial charge on any atom is -0.434 e. The lowest BCUT2D eigenvalue weighted by atomic mass is 10.0. The van der Waals surface area contributed by atoms with Gasteiger partial charge in [0, 0.05) is 57.4 Å². The monoisotopic (exact) mass is 297 g/mol. The third kappa shape index (κ3) is 3.70. The average Bonchev–Trinajstić information content (AvgIpc) is 2.44. The van der Waals surface area contributed by atoms with Crippen molar-refractivity contribution in [3.05, 3.63) is 29.8 Å². The Kier molecular flexibility index (Phi) is 4.67. The van der Waals surface area contributed by atoms with E-state index in [0.717, 1.165) is 44.8 Å². The number of nitrogens with zero attached hydrogens (tertiary/aromatic N) is 2. The first kappa shape index (κ1) is 14.7. The van der Waals surface area contributed by atoms with Gasteiger partial charge in [-0.3, -0.25) is 9.80 Å². The Bertz CT molecular complexity index is 460. The average molecular weight is 297 g/mol. The van der Waals surface area contributed by atoms with Crippen molar-refractivity contribution in [1.29, 1.82) is 0 Å². The zero-order valence-electron chi connectivity index (χ0n) is 12.0. The molecule has 6 heteroatoms. The molecule has 0 aromatic heterocycles. The van der Waals surface area contributed by atoms with Crippen LogP contribution in [0.4, 0.5) is 8.78 Å². The number of piperazine rings is 1. The molecule has 0 atom stereocenters. The van der Waals surface area contributed by atoms with Crippen LogP contribution in [-0.4, -0.2) is 61.7 Å². The third-order valence-electron chi connectivity index (χ3n) is 4.19. The number of hydrogen-bond acceptors (Lipinski definition) is 4. The van der Waals surface area contributed by atoms with E-state index in [1.165, 1.54) is 0 Å². The summed E-state index contributed by atoms with van der Waals surface area (Å²) in [6.45, 7) is 4.23. The first-order chi connectivity index (χ1) is 10.2. The lowest BCUT2D eigenvalue weighted by Gasteiger charge is -2.47. The molecule has 0 bridgehead atoms. The third-order valence-corrected chi connectivity index (χ3v) is 4.19. The number of hydrogen-bond donors (Lipinski definition) is 1. The van der Waals surface area contributed by atoms with Crippen molar-refractivity contribution >= 4 is 0 Å². The summed E-state index contributed by atoms with van der Waals surface area (Å²) in [5.74, 6) is 0.290. The van der Waals surface area contributed by atoms with E-state index in [-0.39, 0.29) is 5.75 Å². The summed E-state index contributed by atoms with van der Waals surface area (Å²) in [5, 5.41) is 3.35. The number of para-hydroxylation sites is 1. The highest BCUT2D eigenvalue weighted by Gasteiger charge is 2.32. The predicted octanol–water partition coefficient (Wildman–Crippen LogP) is 1.38. The van der Waals surface area contributed by atoms with Gasteiger partial charge in [0.15, 0.2) is 0 Å². The van der Waals surface area contributed by atoms with Crippen LogP contribution in [0, 0.1) is 0 Å². The second-order valence-corrected chi connectivity index (χ2v) is 5.62. The highest BCUT2D eigenvalue weighted by molar-refractivity contribution is 5.33. The highest BCUT2D eigenvalue weighted by Crippen LogP contribution is 2.25. The summed E-state index contributed by atoms with van der Waals surface area (Å²) in [6.07, 6.45) is 0. The van der Waals surface area contributed by atoms with Gasteiger partial charge in [0.05, 0.1) is 0 Å². The first-order valence-electron chi connectivity index (χ1n) is 7.42. The maximum atomic E-state index is 12.4. The summed E-state index contributed by atoms with van der Waals surface area (Å²) >= 11 is 0. The second-order valence-electron chi connectivity index (χ2n) is 5.62. The lowest BCUT2D eigenvalue weighted by Crippen LogP contribution is -2.62. The maximum Gasteiger partial charge on any atom is 0.387 e. The minimum absolute atomic E-state index is 0.290. The number of rotatable bonds is 5. The quantitative estimate of drug-likeness (QED) is 0.888. The fourth-order valence-corrected chi connectivity index (χ4v) is 3.04. The molecule has 0 unspecified atom stereocenters. The van der Waals surface area contributed by atoms with Crippen LogP contribution in [0.3, 0.4) is 0 Å². The normalized spacial score (nSPS) is 21.5. The SMILES string of the molecule is FC(F)Oc1ccccc1CN1CC(N2CCNCC2)C1. The number of likely N-dealkylation sites (tertiary alicyclic amines) is 1. The van der Waals surface area contributed by atoms with Crippen LogP contribution in [0.1, 0.15) is 5.56 Å². The fourth-order valence-electron chi connectivity index (χ4n) is 3.04. The van der Waals surface area contributed by atoms with E-state index in [4.69, 9.17) is 0 Å². The number of ether oxygens (including phenoxy) is 1. The van der Waals surface area contributed by atoms with Gasteiger partial charge in [0.1, 0.15) is 5.75 Å². The van der Waals surface area contributed by atoms with Crippen molar-refractivity contribution < 1.29 is 13.5 Å². The van der Waals surface area contributed by atoms with E-state index < -0.39 is 6.61 Å². The van der Waals surface area contributed by atoms with Gasteiger partial charge in [-0.25, -0.2) is 0 Å². The topological polar surface area (TPSA) is 27.7 Å². The van der Waals surface area contributed by atoms with Gasteiger partial charge in [-0.2, -0.15) is 8.78 Å². The van der Waals surface area contributed by atoms with Crippen LogP contribution in [0.5, 0.6) is 5.75 Å². The molecule has 0 amide bonds. The zero-order chi connectivity index (χ0) is 14.7. The van der Waals surface area contributed by atoms with E-state index in [9.17, 15) is 8.78 Å². The molecule has 0 spiro atoms. The molecule has 0 radical (unpaired) electrons. The number of nitrogens with one attached hydrogen (secondary N) is 1. The maximum absolute atomic E-state index is 12.4. The molecule has 2 aliphatic rings. The van der Waals surface area contributed by atoms with Crippen LogP contribution >= 0.6 is 0 Å². The summed E-state index contributed by atoms with van der Waals surface area (Å²) in [6, 6.07) is 7.66. The molecule has 1 aromatic carbocycles. The van der Waals surface area contributed by atoms with Crippen molar-refractivity contribution in [3.8, 4) is 5.75 Å². The molecule has 2 aliphatic heterocycles. The molecule has 21 heavy (non-hydrogen) atoms. The van der Waals surface area contributed by atoms with Gasteiger partial charge in [0.25, 0.3) is 0 Å². The van der Waals surface area contributed by atoms with Gasteiger partial charge in [-0.15, -0.1) is 0 Å².